The number of carbonyl (C=O) groups excluding carboxylic acids is 2. The Morgan fingerprint density at radius 1 is 1.07 bits per heavy atom. The Bertz CT molecular complexity index is 620. The normalized spacial score (nSPS) is 39.4. The molecule has 4 aliphatic carbocycles. The number of hydrogen-bond acceptors (Lipinski definition) is 3. The number of halogens is 1. The molecule has 3 amide bonds. The summed E-state index contributed by atoms with van der Waals surface area (Å²) in [5.74, 6) is 0.368. The third-order valence-corrected chi connectivity index (χ3v) is 7.00. The number of carboxylic acids is 1. The number of carboxylic acid groups (broad SMARTS) is 1. The van der Waals surface area contributed by atoms with Crippen LogP contribution in [0.25, 0.3) is 0 Å². The number of carbonyl (C=O) groups is 3. The Morgan fingerprint density at radius 3 is 2.19 bits per heavy atom. The zero-order valence-electron chi connectivity index (χ0n) is 15.5. The summed E-state index contributed by atoms with van der Waals surface area (Å²) in [5, 5.41) is 14.8. The smallest absolute Gasteiger partial charge is 0.343 e. The zero-order valence-corrected chi connectivity index (χ0v) is 15.5. The van der Waals surface area contributed by atoms with Gasteiger partial charge in [-0.1, -0.05) is 0 Å². The van der Waals surface area contributed by atoms with Gasteiger partial charge in [-0.2, -0.15) is 0 Å². The molecule has 0 aromatic carbocycles. The van der Waals surface area contributed by atoms with Gasteiger partial charge in [0.1, 0.15) is 0 Å². The van der Waals surface area contributed by atoms with Crippen LogP contribution in [0, 0.1) is 17.8 Å². The molecule has 5 fully saturated rings. The van der Waals surface area contributed by atoms with Crippen molar-refractivity contribution >= 4 is 17.9 Å². The molecular weight excluding hydrogens is 353 g/mol. The molecule has 8 heteroatoms. The van der Waals surface area contributed by atoms with Crippen molar-refractivity contribution in [3.05, 3.63) is 0 Å². The number of amides is 3. The Balaban J connectivity index is 1.21. The van der Waals surface area contributed by atoms with Gasteiger partial charge < -0.3 is 20.6 Å². The van der Waals surface area contributed by atoms with Gasteiger partial charge in [-0.3, -0.25) is 4.79 Å². The van der Waals surface area contributed by atoms with E-state index < -0.39 is 18.2 Å². The van der Waals surface area contributed by atoms with Gasteiger partial charge in [-0.15, -0.1) is 0 Å². The number of aliphatic carboxylic acids is 1. The van der Waals surface area contributed by atoms with Crippen molar-refractivity contribution in [3.63, 3.8) is 0 Å². The number of rotatable bonds is 5. The van der Waals surface area contributed by atoms with Crippen molar-refractivity contribution in [2.45, 2.75) is 62.6 Å². The highest BCUT2D eigenvalue weighted by Crippen LogP contribution is 2.55. The monoisotopic (exact) mass is 381 g/mol. The largest absolute Gasteiger partial charge is 0.479 e. The molecule has 3 N–H and O–H groups in total. The van der Waals surface area contributed by atoms with Crippen molar-refractivity contribution in [2.24, 2.45) is 17.8 Å². The quantitative estimate of drug-likeness (QED) is 0.675. The standard InChI is InChI=1S/C19H28FN3O4/c20-19(16(25)26)2-4-23(11-19)15(24)1-3-21-17(27)22-18-8-12-5-13(9-18)7-14(6-12)10-18/h12-14H,1-11H2,(H,25,26)(H2,21,22,27). The van der Waals surface area contributed by atoms with Crippen LogP contribution in [0.1, 0.15) is 51.4 Å². The first kappa shape index (κ1) is 18.5. The van der Waals surface area contributed by atoms with E-state index in [2.05, 4.69) is 10.6 Å². The predicted molar refractivity (Wildman–Crippen MR) is 94.7 cm³/mol. The van der Waals surface area contributed by atoms with E-state index in [4.69, 9.17) is 5.11 Å². The van der Waals surface area contributed by atoms with E-state index in [1.807, 2.05) is 0 Å². The number of nitrogens with one attached hydrogen (secondary N) is 2. The maximum atomic E-state index is 14.0. The summed E-state index contributed by atoms with van der Waals surface area (Å²) in [6.45, 7) is -0.151. The van der Waals surface area contributed by atoms with Crippen molar-refractivity contribution in [1.29, 1.82) is 0 Å². The summed E-state index contributed by atoms with van der Waals surface area (Å²) in [6, 6.07) is -0.239. The third kappa shape index (κ3) is 3.62. The molecule has 0 radical (unpaired) electrons. The van der Waals surface area contributed by atoms with E-state index in [0.29, 0.717) is 0 Å². The molecule has 4 bridgehead atoms. The summed E-state index contributed by atoms with van der Waals surface area (Å²) in [5.41, 5.74) is -2.42. The van der Waals surface area contributed by atoms with Gasteiger partial charge >= 0.3 is 12.0 Å². The molecule has 5 rings (SSSR count). The Morgan fingerprint density at radius 2 is 1.67 bits per heavy atom. The Kier molecular flexibility index (Phi) is 4.55. The highest BCUT2D eigenvalue weighted by atomic mass is 19.1. The molecule has 1 atom stereocenters. The third-order valence-electron chi connectivity index (χ3n) is 7.00. The van der Waals surface area contributed by atoms with Gasteiger partial charge in [0.05, 0.1) is 6.54 Å². The van der Waals surface area contributed by atoms with E-state index in [1.54, 1.807) is 0 Å². The summed E-state index contributed by atoms with van der Waals surface area (Å²) in [6.07, 6.45) is 6.96. The van der Waals surface area contributed by atoms with Crippen LogP contribution in [0.15, 0.2) is 0 Å². The molecular formula is C19H28FN3O4. The number of nitrogens with zero attached hydrogens (tertiary/aromatic N) is 1. The van der Waals surface area contributed by atoms with Crippen LogP contribution in [-0.4, -0.2) is 58.8 Å². The van der Waals surface area contributed by atoms with Gasteiger partial charge in [-0.05, 0) is 56.3 Å². The number of hydrogen-bond donors (Lipinski definition) is 3. The van der Waals surface area contributed by atoms with Gasteiger partial charge in [0.25, 0.3) is 0 Å². The summed E-state index contributed by atoms with van der Waals surface area (Å²) in [4.78, 5) is 36.6. The molecule has 1 unspecified atom stereocenters. The molecule has 0 aromatic rings. The van der Waals surface area contributed by atoms with Gasteiger partial charge in [0.2, 0.25) is 11.6 Å². The molecule has 4 saturated carbocycles. The van der Waals surface area contributed by atoms with E-state index in [9.17, 15) is 18.8 Å². The van der Waals surface area contributed by atoms with Crippen LogP contribution in [0.4, 0.5) is 9.18 Å². The second-order valence-corrected chi connectivity index (χ2v) is 9.16. The SMILES string of the molecule is O=C(NCCC(=O)N1CCC(F)(C(=O)O)C1)NC12CC3CC(CC(C3)C1)C2. The molecule has 150 valence electrons. The highest BCUT2D eigenvalue weighted by Gasteiger charge is 2.51. The topological polar surface area (TPSA) is 98.7 Å². The lowest BCUT2D eigenvalue weighted by molar-refractivity contribution is -0.150. The van der Waals surface area contributed by atoms with Crippen molar-refractivity contribution in [2.75, 3.05) is 19.6 Å². The van der Waals surface area contributed by atoms with E-state index in [1.165, 1.54) is 24.2 Å². The van der Waals surface area contributed by atoms with Gasteiger partial charge in [0, 0.05) is 31.5 Å². The van der Waals surface area contributed by atoms with Crippen LogP contribution >= 0.6 is 0 Å². The molecule has 27 heavy (non-hydrogen) atoms. The van der Waals surface area contributed by atoms with Crippen molar-refractivity contribution in [1.82, 2.24) is 15.5 Å². The maximum absolute atomic E-state index is 14.0. The minimum Gasteiger partial charge on any atom is -0.479 e. The number of urea groups is 1. The van der Waals surface area contributed by atoms with E-state index in [0.717, 1.165) is 37.0 Å². The lowest BCUT2D eigenvalue weighted by Crippen LogP contribution is -2.61. The number of likely N-dealkylation sites (tertiary alicyclic amines) is 1. The first-order valence-electron chi connectivity index (χ1n) is 10.0. The second kappa shape index (κ2) is 6.63. The number of alkyl halides is 1. The maximum Gasteiger partial charge on any atom is 0.343 e. The van der Waals surface area contributed by atoms with Gasteiger partial charge in [-0.25, -0.2) is 14.0 Å². The molecule has 0 aromatic heterocycles. The summed E-state index contributed by atoms with van der Waals surface area (Å²) < 4.78 is 14.0. The second-order valence-electron chi connectivity index (χ2n) is 9.16. The van der Waals surface area contributed by atoms with Crippen LogP contribution in [0.3, 0.4) is 0 Å². The minimum absolute atomic E-state index is 0.0456. The predicted octanol–water partition coefficient (Wildman–Crippen LogP) is 1.67. The molecule has 5 aliphatic rings. The Hall–Kier alpha value is -1.86. The van der Waals surface area contributed by atoms with Crippen molar-refractivity contribution in [3.8, 4) is 0 Å². The average molecular weight is 381 g/mol. The average Bonchev–Trinajstić information content (AvgIpc) is 2.97. The van der Waals surface area contributed by atoms with E-state index in [-0.39, 0.29) is 43.4 Å². The fraction of sp³-hybridized carbons (Fsp3) is 0.842. The van der Waals surface area contributed by atoms with Crippen LogP contribution < -0.4 is 10.6 Å². The van der Waals surface area contributed by atoms with E-state index >= 15 is 0 Å². The first-order valence-corrected chi connectivity index (χ1v) is 10.0. The van der Waals surface area contributed by atoms with Crippen LogP contribution in [-0.2, 0) is 9.59 Å². The lowest BCUT2D eigenvalue weighted by Gasteiger charge is -2.56. The first-order chi connectivity index (χ1) is 12.8. The Labute approximate surface area is 158 Å². The fourth-order valence-corrected chi connectivity index (χ4v) is 6.15. The van der Waals surface area contributed by atoms with Gasteiger partial charge in [0.15, 0.2) is 0 Å². The minimum atomic E-state index is -2.35. The molecule has 1 saturated heterocycles. The summed E-state index contributed by atoms with van der Waals surface area (Å²) in [7, 11) is 0. The summed E-state index contributed by atoms with van der Waals surface area (Å²) >= 11 is 0. The van der Waals surface area contributed by atoms with Crippen LogP contribution in [0.2, 0.25) is 0 Å². The van der Waals surface area contributed by atoms with Crippen LogP contribution in [0.5, 0.6) is 0 Å². The molecule has 7 nitrogen and oxygen atoms in total. The molecule has 1 aliphatic heterocycles. The molecule has 0 spiro atoms. The van der Waals surface area contributed by atoms with Crippen molar-refractivity contribution < 1.29 is 23.9 Å². The lowest BCUT2D eigenvalue weighted by atomic mass is 9.53. The molecule has 1 heterocycles. The fourth-order valence-electron chi connectivity index (χ4n) is 6.15. The highest BCUT2D eigenvalue weighted by molar-refractivity contribution is 5.83. The zero-order chi connectivity index (χ0) is 19.2.